The summed E-state index contributed by atoms with van der Waals surface area (Å²) in [6.07, 6.45) is 5.23. The summed E-state index contributed by atoms with van der Waals surface area (Å²) in [5.74, 6) is 0.702. The Labute approximate surface area is 107 Å². The fourth-order valence-corrected chi connectivity index (χ4v) is 1.93. The lowest BCUT2D eigenvalue weighted by molar-refractivity contribution is 0.412. The van der Waals surface area contributed by atoms with E-state index in [-0.39, 0.29) is 6.04 Å². The van der Waals surface area contributed by atoms with E-state index in [2.05, 4.69) is 16.0 Å². The maximum Gasteiger partial charge on any atom is 0.137 e. The minimum Gasteiger partial charge on any atom is -0.495 e. The van der Waals surface area contributed by atoms with Gasteiger partial charge in [-0.05, 0) is 36.6 Å². The maximum atomic E-state index is 6.23. The van der Waals surface area contributed by atoms with E-state index in [4.69, 9.17) is 10.5 Å². The molecule has 0 spiro atoms. The van der Waals surface area contributed by atoms with E-state index in [1.54, 1.807) is 19.5 Å². The predicted octanol–water partition coefficient (Wildman–Crippen LogP) is 2.15. The third kappa shape index (κ3) is 2.49. The average Bonchev–Trinajstić information content (AvgIpc) is 2.38. The highest BCUT2D eigenvalue weighted by atomic mass is 16.5. The van der Waals surface area contributed by atoms with E-state index in [1.165, 1.54) is 0 Å². The van der Waals surface area contributed by atoms with Gasteiger partial charge in [0.2, 0.25) is 0 Å². The van der Waals surface area contributed by atoms with E-state index < -0.39 is 0 Å². The lowest BCUT2D eigenvalue weighted by Gasteiger charge is -2.14. The lowest BCUT2D eigenvalue weighted by atomic mass is 10.0. The molecule has 1 atom stereocenters. The van der Waals surface area contributed by atoms with Crippen molar-refractivity contribution < 1.29 is 4.74 Å². The number of nitrogens with zero attached hydrogens (tertiary/aromatic N) is 2. The normalized spacial score (nSPS) is 12.2. The van der Waals surface area contributed by atoms with Gasteiger partial charge in [0, 0.05) is 12.4 Å². The average molecular weight is 243 g/mol. The minimum absolute atomic E-state index is 0.284. The van der Waals surface area contributed by atoms with Gasteiger partial charge in [-0.2, -0.15) is 0 Å². The van der Waals surface area contributed by atoms with Crippen molar-refractivity contribution in [3.8, 4) is 5.75 Å². The van der Waals surface area contributed by atoms with Crippen LogP contribution >= 0.6 is 0 Å². The summed E-state index contributed by atoms with van der Waals surface area (Å²) in [5, 5.41) is 0. The molecule has 1 unspecified atom stereocenters. The van der Waals surface area contributed by atoms with Crippen LogP contribution in [0.1, 0.15) is 28.4 Å². The molecule has 0 aliphatic carbocycles. The summed E-state index contributed by atoms with van der Waals surface area (Å²) in [7, 11) is 1.61. The zero-order chi connectivity index (χ0) is 13.1. The van der Waals surface area contributed by atoms with E-state index in [1.807, 2.05) is 26.1 Å². The second-order valence-corrected chi connectivity index (χ2v) is 4.35. The van der Waals surface area contributed by atoms with Crippen LogP contribution in [0.2, 0.25) is 0 Å². The molecule has 0 saturated carbocycles. The quantitative estimate of drug-likeness (QED) is 0.897. The first-order valence-electron chi connectivity index (χ1n) is 5.79. The molecule has 2 N–H and O–H groups in total. The molecule has 0 aliphatic heterocycles. The molecule has 0 amide bonds. The topological polar surface area (TPSA) is 61.0 Å². The summed E-state index contributed by atoms with van der Waals surface area (Å²) in [4.78, 5) is 8.53. The smallest absolute Gasteiger partial charge is 0.137 e. The van der Waals surface area contributed by atoms with E-state index in [0.717, 1.165) is 22.4 Å². The summed E-state index contributed by atoms with van der Waals surface area (Å²) in [6, 6.07) is 3.68. The minimum atomic E-state index is -0.284. The molecule has 0 saturated heterocycles. The van der Waals surface area contributed by atoms with Gasteiger partial charge in [0.15, 0.2) is 0 Å². The Hall–Kier alpha value is -1.94. The van der Waals surface area contributed by atoms with Crippen LogP contribution in [-0.4, -0.2) is 17.1 Å². The van der Waals surface area contributed by atoms with E-state index in [9.17, 15) is 0 Å². The Balaban J connectivity index is 2.37. The zero-order valence-electron chi connectivity index (χ0n) is 10.8. The van der Waals surface area contributed by atoms with Crippen molar-refractivity contribution in [2.24, 2.45) is 5.73 Å². The zero-order valence-corrected chi connectivity index (χ0v) is 10.8. The third-order valence-corrected chi connectivity index (χ3v) is 2.88. The molecule has 4 heteroatoms. The Morgan fingerprint density at radius 1 is 1.17 bits per heavy atom. The molecule has 94 valence electrons. The number of aryl methyl sites for hydroxylation is 2. The Kier molecular flexibility index (Phi) is 3.58. The number of nitrogens with two attached hydrogens (primary N) is 1. The molecule has 2 aromatic rings. The molecule has 0 radical (unpaired) electrons. The summed E-state index contributed by atoms with van der Waals surface area (Å²) in [5.41, 5.74) is 10.2. The second kappa shape index (κ2) is 5.14. The number of pyridine rings is 2. The van der Waals surface area contributed by atoms with Crippen LogP contribution in [0.25, 0.3) is 0 Å². The molecular weight excluding hydrogens is 226 g/mol. The van der Waals surface area contributed by atoms with Gasteiger partial charge >= 0.3 is 0 Å². The lowest BCUT2D eigenvalue weighted by Crippen LogP contribution is -2.15. The first kappa shape index (κ1) is 12.5. The fraction of sp³-hybridized carbons (Fsp3) is 0.286. The van der Waals surface area contributed by atoms with Crippen molar-refractivity contribution in [2.75, 3.05) is 7.11 Å². The molecule has 0 fully saturated rings. The maximum absolute atomic E-state index is 6.23. The van der Waals surface area contributed by atoms with E-state index >= 15 is 0 Å². The van der Waals surface area contributed by atoms with Crippen molar-refractivity contribution >= 4 is 0 Å². The van der Waals surface area contributed by atoms with Crippen LogP contribution in [-0.2, 0) is 0 Å². The second-order valence-electron chi connectivity index (χ2n) is 4.35. The first-order valence-corrected chi connectivity index (χ1v) is 5.79. The van der Waals surface area contributed by atoms with Crippen molar-refractivity contribution in [3.63, 3.8) is 0 Å². The Morgan fingerprint density at radius 3 is 2.61 bits per heavy atom. The molecular formula is C14H17N3O. The van der Waals surface area contributed by atoms with Crippen LogP contribution in [0.4, 0.5) is 0 Å². The van der Waals surface area contributed by atoms with Crippen LogP contribution in [0.5, 0.6) is 5.75 Å². The molecule has 2 rings (SSSR count). The van der Waals surface area contributed by atoms with Crippen molar-refractivity contribution in [2.45, 2.75) is 19.9 Å². The Bertz CT molecular complexity index is 554. The van der Waals surface area contributed by atoms with Gasteiger partial charge in [0.05, 0.1) is 25.0 Å². The van der Waals surface area contributed by atoms with Gasteiger partial charge in [-0.3, -0.25) is 9.97 Å². The standard InChI is InChI=1S/C14H17N3O/c1-9-4-10(2)14(17-6-9)13(15)11-5-12(18-3)8-16-7-11/h4-8,13H,15H2,1-3H3. The summed E-state index contributed by atoms with van der Waals surface area (Å²) >= 11 is 0. The van der Waals surface area contributed by atoms with Crippen molar-refractivity contribution in [1.82, 2.24) is 9.97 Å². The van der Waals surface area contributed by atoms with Crippen LogP contribution in [0, 0.1) is 13.8 Å². The largest absolute Gasteiger partial charge is 0.495 e. The summed E-state index contributed by atoms with van der Waals surface area (Å²) in [6.45, 7) is 4.03. The highest BCUT2D eigenvalue weighted by Crippen LogP contribution is 2.23. The number of rotatable bonds is 3. The first-order chi connectivity index (χ1) is 8.61. The van der Waals surface area contributed by atoms with Gasteiger partial charge in [0.25, 0.3) is 0 Å². The third-order valence-electron chi connectivity index (χ3n) is 2.88. The highest BCUT2D eigenvalue weighted by molar-refractivity contribution is 5.35. The molecule has 4 nitrogen and oxygen atoms in total. The molecule has 2 heterocycles. The molecule has 0 bridgehead atoms. The number of hydrogen-bond donors (Lipinski definition) is 1. The number of ether oxygens (including phenoxy) is 1. The van der Waals surface area contributed by atoms with Gasteiger partial charge < -0.3 is 10.5 Å². The van der Waals surface area contributed by atoms with Crippen molar-refractivity contribution in [1.29, 1.82) is 0 Å². The fourth-order valence-electron chi connectivity index (χ4n) is 1.93. The Morgan fingerprint density at radius 2 is 1.94 bits per heavy atom. The van der Waals surface area contributed by atoms with Gasteiger partial charge in [0.1, 0.15) is 5.75 Å². The van der Waals surface area contributed by atoms with Crippen LogP contribution < -0.4 is 10.5 Å². The highest BCUT2D eigenvalue weighted by Gasteiger charge is 2.14. The molecule has 0 aromatic carbocycles. The molecule has 18 heavy (non-hydrogen) atoms. The summed E-state index contributed by atoms with van der Waals surface area (Å²) < 4.78 is 5.15. The van der Waals surface area contributed by atoms with Crippen LogP contribution in [0.15, 0.2) is 30.7 Å². The predicted molar refractivity (Wildman–Crippen MR) is 70.5 cm³/mol. The van der Waals surface area contributed by atoms with Gasteiger partial charge in [-0.15, -0.1) is 0 Å². The van der Waals surface area contributed by atoms with Crippen molar-refractivity contribution in [3.05, 3.63) is 53.1 Å². The SMILES string of the molecule is COc1cncc(C(N)c2ncc(C)cc2C)c1. The number of aromatic nitrogens is 2. The molecule has 2 aromatic heterocycles. The monoisotopic (exact) mass is 243 g/mol. The molecule has 0 aliphatic rings. The van der Waals surface area contributed by atoms with Gasteiger partial charge in [-0.1, -0.05) is 6.07 Å². The van der Waals surface area contributed by atoms with E-state index in [0.29, 0.717) is 5.75 Å². The number of methoxy groups -OCH3 is 1. The number of hydrogen-bond acceptors (Lipinski definition) is 4. The van der Waals surface area contributed by atoms with Gasteiger partial charge in [-0.25, -0.2) is 0 Å². The van der Waals surface area contributed by atoms with Crippen LogP contribution in [0.3, 0.4) is 0 Å².